The minimum Gasteiger partial charge on any atom is -0.296 e. The number of rotatable bonds is 2. The van der Waals surface area contributed by atoms with Crippen LogP contribution in [-0.2, 0) is 4.79 Å². The van der Waals surface area contributed by atoms with E-state index in [4.69, 9.17) is 0 Å². The second kappa shape index (κ2) is 4.72. The van der Waals surface area contributed by atoms with Gasteiger partial charge in [-0.2, -0.15) is 0 Å². The van der Waals surface area contributed by atoms with Crippen molar-refractivity contribution < 1.29 is 9.18 Å². The highest BCUT2D eigenvalue weighted by molar-refractivity contribution is 5.87. The van der Waals surface area contributed by atoms with Gasteiger partial charge in [-0.3, -0.25) is 4.79 Å². The first-order valence-electron chi connectivity index (χ1n) is 5.49. The minimum atomic E-state index is -1.67. The molecule has 1 unspecified atom stereocenters. The Morgan fingerprint density at radius 3 is 2.79 bits per heavy atom. The molecule has 0 aromatic heterocycles. The zero-order chi connectivity index (χ0) is 10.6. The number of alkyl halides is 1. The van der Waals surface area contributed by atoms with E-state index in [9.17, 15) is 9.18 Å². The normalized spacial score (nSPS) is 28.9. The molecule has 0 aromatic rings. The Morgan fingerprint density at radius 2 is 2.21 bits per heavy atom. The van der Waals surface area contributed by atoms with Crippen molar-refractivity contribution in [2.75, 3.05) is 0 Å². The number of carbonyl (C=O) groups excluding carboxylic acids is 1. The second-order valence-corrected chi connectivity index (χ2v) is 4.14. The molecule has 0 saturated carbocycles. The molecule has 0 amide bonds. The van der Waals surface area contributed by atoms with Crippen LogP contribution in [0.5, 0.6) is 0 Å². The van der Waals surface area contributed by atoms with Crippen LogP contribution in [0.1, 0.15) is 52.4 Å². The largest absolute Gasteiger partial charge is 0.296 e. The number of Topliss-reactive ketones (excluding diaryl/α,β-unsaturated/α-hetero) is 1. The van der Waals surface area contributed by atoms with Crippen LogP contribution in [0.2, 0.25) is 0 Å². The molecule has 2 heteroatoms. The fourth-order valence-electron chi connectivity index (χ4n) is 1.94. The highest BCUT2D eigenvalue weighted by Gasteiger charge is 2.33. The Balaban J connectivity index is 2.89. The average molecular weight is 198 g/mol. The van der Waals surface area contributed by atoms with E-state index in [-0.39, 0.29) is 5.78 Å². The summed E-state index contributed by atoms with van der Waals surface area (Å²) in [7, 11) is 0. The first kappa shape index (κ1) is 11.4. The van der Waals surface area contributed by atoms with Gasteiger partial charge in [0.2, 0.25) is 0 Å². The van der Waals surface area contributed by atoms with Gasteiger partial charge < -0.3 is 0 Å². The van der Waals surface area contributed by atoms with E-state index in [1.54, 1.807) is 6.08 Å². The maximum Gasteiger partial charge on any atom is 0.186 e. The van der Waals surface area contributed by atoms with Crippen LogP contribution in [0.25, 0.3) is 0 Å². The molecule has 0 heterocycles. The van der Waals surface area contributed by atoms with Crippen LogP contribution in [0.3, 0.4) is 0 Å². The topological polar surface area (TPSA) is 17.1 Å². The third-order valence-corrected chi connectivity index (χ3v) is 3.01. The molecule has 0 aromatic carbocycles. The quantitative estimate of drug-likeness (QED) is 0.620. The van der Waals surface area contributed by atoms with Gasteiger partial charge >= 0.3 is 0 Å². The van der Waals surface area contributed by atoms with Gasteiger partial charge in [0.15, 0.2) is 11.5 Å². The number of hydrogen-bond donors (Lipinski definition) is 0. The minimum absolute atomic E-state index is 0.342. The molecular formula is C12H19FO. The van der Waals surface area contributed by atoms with E-state index in [0.29, 0.717) is 6.42 Å². The molecule has 1 nitrogen and oxygen atoms in total. The summed E-state index contributed by atoms with van der Waals surface area (Å²) in [5.41, 5.74) is -0.575. The Kier molecular flexibility index (Phi) is 3.85. The fraction of sp³-hybridized carbons (Fsp3) is 0.750. The predicted molar refractivity (Wildman–Crippen MR) is 56.0 cm³/mol. The SMILES string of the molecule is CCC1=CC(F)(C(C)=O)CCCCC1. The van der Waals surface area contributed by atoms with Crippen molar-refractivity contribution in [2.45, 2.75) is 58.0 Å². The molecule has 1 atom stereocenters. The van der Waals surface area contributed by atoms with Crippen LogP contribution in [0, 0.1) is 0 Å². The summed E-state index contributed by atoms with van der Waals surface area (Å²) >= 11 is 0. The summed E-state index contributed by atoms with van der Waals surface area (Å²) in [6.45, 7) is 3.37. The smallest absolute Gasteiger partial charge is 0.186 e. The fourth-order valence-corrected chi connectivity index (χ4v) is 1.94. The Labute approximate surface area is 85.4 Å². The van der Waals surface area contributed by atoms with Crippen molar-refractivity contribution in [1.29, 1.82) is 0 Å². The maximum atomic E-state index is 14.1. The lowest BCUT2D eigenvalue weighted by molar-refractivity contribution is -0.126. The molecule has 0 aliphatic heterocycles. The van der Waals surface area contributed by atoms with Gasteiger partial charge in [0.1, 0.15) is 0 Å². The first-order valence-corrected chi connectivity index (χ1v) is 5.49. The molecule has 0 saturated heterocycles. The Morgan fingerprint density at radius 1 is 1.50 bits per heavy atom. The van der Waals surface area contributed by atoms with Gasteiger partial charge in [-0.1, -0.05) is 18.9 Å². The molecule has 14 heavy (non-hydrogen) atoms. The highest BCUT2D eigenvalue weighted by atomic mass is 19.1. The Bertz CT molecular complexity index is 245. The van der Waals surface area contributed by atoms with E-state index >= 15 is 0 Å². The average Bonchev–Trinajstić information content (AvgIpc) is 2.11. The number of hydrogen-bond acceptors (Lipinski definition) is 1. The molecule has 1 aliphatic carbocycles. The van der Waals surface area contributed by atoms with Gasteiger partial charge in [0.05, 0.1) is 0 Å². The van der Waals surface area contributed by atoms with E-state index in [2.05, 4.69) is 0 Å². The van der Waals surface area contributed by atoms with Crippen molar-refractivity contribution in [3.63, 3.8) is 0 Å². The molecule has 0 fully saturated rings. The number of carbonyl (C=O) groups is 1. The van der Waals surface area contributed by atoms with Gasteiger partial charge in [-0.15, -0.1) is 0 Å². The predicted octanol–water partition coefficient (Wildman–Crippen LogP) is 3.58. The van der Waals surface area contributed by atoms with Crippen molar-refractivity contribution in [1.82, 2.24) is 0 Å². The molecule has 0 radical (unpaired) electrons. The third kappa shape index (κ3) is 2.66. The number of allylic oxidation sites excluding steroid dienone is 2. The zero-order valence-corrected chi connectivity index (χ0v) is 9.11. The molecular weight excluding hydrogens is 179 g/mol. The van der Waals surface area contributed by atoms with Crippen LogP contribution in [-0.4, -0.2) is 11.5 Å². The van der Waals surface area contributed by atoms with Crippen LogP contribution >= 0.6 is 0 Å². The molecule has 0 spiro atoms. The van der Waals surface area contributed by atoms with E-state index in [0.717, 1.165) is 37.7 Å². The van der Waals surface area contributed by atoms with Gasteiger partial charge in [0.25, 0.3) is 0 Å². The van der Waals surface area contributed by atoms with Crippen molar-refractivity contribution in [2.24, 2.45) is 0 Å². The molecule has 0 N–H and O–H groups in total. The van der Waals surface area contributed by atoms with Crippen molar-refractivity contribution in [3.8, 4) is 0 Å². The van der Waals surface area contributed by atoms with E-state index < -0.39 is 5.67 Å². The summed E-state index contributed by atoms with van der Waals surface area (Å²) in [6, 6.07) is 0. The number of halogens is 1. The third-order valence-electron chi connectivity index (χ3n) is 3.01. The highest BCUT2D eigenvalue weighted by Crippen LogP contribution is 2.29. The lowest BCUT2D eigenvalue weighted by Crippen LogP contribution is -2.30. The van der Waals surface area contributed by atoms with Gasteiger partial charge in [0, 0.05) is 0 Å². The maximum absolute atomic E-state index is 14.1. The van der Waals surface area contributed by atoms with Crippen molar-refractivity contribution >= 4 is 5.78 Å². The monoisotopic (exact) mass is 198 g/mol. The summed E-state index contributed by atoms with van der Waals surface area (Å²) in [5.74, 6) is -0.342. The lowest BCUT2D eigenvalue weighted by Gasteiger charge is -2.22. The zero-order valence-electron chi connectivity index (χ0n) is 9.11. The summed E-state index contributed by atoms with van der Waals surface area (Å²) in [4.78, 5) is 11.2. The summed E-state index contributed by atoms with van der Waals surface area (Å²) < 4.78 is 14.1. The second-order valence-electron chi connectivity index (χ2n) is 4.14. The molecule has 80 valence electrons. The van der Waals surface area contributed by atoms with Gasteiger partial charge in [-0.05, 0) is 45.1 Å². The van der Waals surface area contributed by atoms with Crippen LogP contribution < -0.4 is 0 Å². The molecule has 0 bridgehead atoms. The van der Waals surface area contributed by atoms with Crippen LogP contribution in [0.4, 0.5) is 4.39 Å². The molecule has 1 rings (SSSR count). The lowest BCUT2D eigenvalue weighted by atomic mass is 9.87. The Hall–Kier alpha value is -0.660. The number of ketones is 1. The van der Waals surface area contributed by atoms with E-state index in [1.807, 2.05) is 6.92 Å². The van der Waals surface area contributed by atoms with Gasteiger partial charge in [-0.25, -0.2) is 4.39 Å². The summed E-state index contributed by atoms with van der Waals surface area (Å²) in [5, 5.41) is 0. The summed E-state index contributed by atoms with van der Waals surface area (Å²) in [6.07, 6.45) is 6.75. The first-order chi connectivity index (χ1) is 6.58. The standard InChI is InChI=1S/C12H19FO/c1-3-11-7-5-4-6-8-12(13,9-11)10(2)14/h9H,3-8H2,1-2H3. The van der Waals surface area contributed by atoms with E-state index in [1.165, 1.54) is 6.92 Å². The van der Waals surface area contributed by atoms with Crippen molar-refractivity contribution in [3.05, 3.63) is 11.6 Å². The molecule has 1 aliphatic rings. The van der Waals surface area contributed by atoms with Crippen LogP contribution in [0.15, 0.2) is 11.6 Å².